The number of fused-ring (bicyclic) bond motifs is 1. The van der Waals surface area contributed by atoms with E-state index >= 15 is 0 Å². The summed E-state index contributed by atoms with van der Waals surface area (Å²) in [6, 6.07) is 8.26. The molecule has 2 unspecified atom stereocenters. The molecule has 5 N–H and O–H groups in total. The van der Waals surface area contributed by atoms with E-state index in [9.17, 15) is 4.79 Å². The van der Waals surface area contributed by atoms with Crippen molar-refractivity contribution in [2.45, 2.75) is 18.5 Å². The van der Waals surface area contributed by atoms with Gasteiger partial charge in [-0.15, -0.1) is 0 Å². The van der Waals surface area contributed by atoms with Crippen molar-refractivity contribution in [3.05, 3.63) is 35.4 Å². The van der Waals surface area contributed by atoms with Gasteiger partial charge >= 0.3 is 0 Å². The topological polar surface area (TPSA) is 81.1 Å². The fraction of sp³-hybridized carbons (Fsp3) is 0.364. The number of nitrogens with two attached hydrogens (primary N) is 2. The molecular formula is C11H15N3O. The Morgan fingerprint density at radius 3 is 2.73 bits per heavy atom. The number of primary amides is 1. The molecule has 0 saturated carbocycles. The van der Waals surface area contributed by atoms with Gasteiger partial charge in [-0.3, -0.25) is 4.79 Å². The molecule has 0 spiro atoms. The van der Waals surface area contributed by atoms with Gasteiger partial charge in [0.2, 0.25) is 5.91 Å². The summed E-state index contributed by atoms with van der Waals surface area (Å²) in [5.41, 5.74) is 13.4. The van der Waals surface area contributed by atoms with Crippen molar-refractivity contribution in [3.63, 3.8) is 0 Å². The minimum Gasteiger partial charge on any atom is -0.369 e. The second-order valence-corrected chi connectivity index (χ2v) is 3.87. The zero-order valence-corrected chi connectivity index (χ0v) is 8.44. The highest BCUT2D eigenvalue weighted by molar-refractivity contribution is 5.76. The summed E-state index contributed by atoms with van der Waals surface area (Å²) in [4.78, 5) is 10.7. The van der Waals surface area contributed by atoms with E-state index in [4.69, 9.17) is 11.5 Å². The zero-order chi connectivity index (χ0) is 10.8. The number of carbonyl (C=O) groups is 1. The van der Waals surface area contributed by atoms with Crippen LogP contribution in [0.5, 0.6) is 0 Å². The van der Waals surface area contributed by atoms with Crippen molar-refractivity contribution in [1.82, 2.24) is 5.32 Å². The molecule has 0 aromatic heterocycles. The summed E-state index contributed by atoms with van der Waals surface area (Å²) >= 11 is 0. The van der Waals surface area contributed by atoms with Gasteiger partial charge < -0.3 is 16.8 Å². The van der Waals surface area contributed by atoms with Gasteiger partial charge in [0.05, 0.1) is 6.54 Å². The van der Waals surface area contributed by atoms with E-state index < -0.39 is 0 Å². The highest BCUT2D eigenvalue weighted by Gasteiger charge is 2.27. The number of hydrogen-bond acceptors (Lipinski definition) is 3. The quantitative estimate of drug-likeness (QED) is 0.659. The Hall–Kier alpha value is -1.39. The van der Waals surface area contributed by atoms with Crippen LogP contribution in [0.2, 0.25) is 0 Å². The maximum absolute atomic E-state index is 10.7. The molecule has 2 atom stereocenters. The Morgan fingerprint density at radius 2 is 2.07 bits per heavy atom. The molecule has 80 valence electrons. The lowest BCUT2D eigenvalue weighted by Gasteiger charge is -2.11. The number of nitrogens with one attached hydrogen (secondary N) is 1. The molecule has 1 aliphatic carbocycles. The lowest BCUT2D eigenvalue weighted by atomic mass is 10.1. The van der Waals surface area contributed by atoms with Crippen molar-refractivity contribution in [3.8, 4) is 0 Å². The van der Waals surface area contributed by atoms with Gasteiger partial charge in [-0.05, 0) is 17.5 Å². The van der Waals surface area contributed by atoms with Crippen LogP contribution in [-0.2, 0) is 4.79 Å². The van der Waals surface area contributed by atoms with Gasteiger partial charge in [0, 0.05) is 12.1 Å². The van der Waals surface area contributed by atoms with E-state index in [2.05, 4.69) is 5.32 Å². The standard InChI is InChI=1S/C11H15N3O/c12-9-5-10(14-6-11(13)15)8-4-2-1-3-7(8)9/h1-4,9-10,14H,5-6,12H2,(H2,13,15). The van der Waals surface area contributed by atoms with Crippen LogP contribution in [0.3, 0.4) is 0 Å². The number of benzene rings is 1. The predicted octanol–water partition coefficient (Wildman–Crippen LogP) is 0.206. The highest BCUT2D eigenvalue weighted by atomic mass is 16.1. The third-order valence-corrected chi connectivity index (χ3v) is 2.78. The van der Waals surface area contributed by atoms with Crippen LogP contribution in [0.4, 0.5) is 0 Å². The summed E-state index contributed by atoms with van der Waals surface area (Å²) in [7, 11) is 0. The Morgan fingerprint density at radius 1 is 1.40 bits per heavy atom. The molecule has 1 aliphatic rings. The van der Waals surface area contributed by atoms with Gasteiger partial charge in [0.15, 0.2) is 0 Å². The van der Waals surface area contributed by atoms with Gasteiger partial charge in [-0.1, -0.05) is 24.3 Å². The van der Waals surface area contributed by atoms with Gasteiger partial charge in [0.1, 0.15) is 0 Å². The fourth-order valence-electron chi connectivity index (χ4n) is 2.09. The van der Waals surface area contributed by atoms with E-state index in [0.29, 0.717) is 0 Å². The fourth-order valence-corrected chi connectivity index (χ4v) is 2.09. The van der Waals surface area contributed by atoms with Gasteiger partial charge in [-0.25, -0.2) is 0 Å². The number of carbonyl (C=O) groups excluding carboxylic acids is 1. The van der Waals surface area contributed by atoms with Crippen LogP contribution in [0.15, 0.2) is 24.3 Å². The maximum atomic E-state index is 10.7. The van der Waals surface area contributed by atoms with Crippen LogP contribution in [0, 0.1) is 0 Å². The molecule has 4 nitrogen and oxygen atoms in total. The predicted molar refractivity (Wildman–Crippen MR) is 57.9 cm³/mol. The average molecular weight is 205 g/mol. The second kappa shape index (κ2) is 4.00. The third-order valence-electron chi connectivity index (χ3n) is 2.78. The van der Waals surface area contributed by atoms with Crippen molar-refractivity contribution in [2.75, 3.05) is 6.54 Å². The Balaban J connectivity index is 2.14. The molecule has 15 heavy (non-hydrogen) atoms. The van der Waals surface area contributed by atoms with E-state index in [1.54, 1.807) is 0 Å². The molecule has 1 aromatic carbocycles. The van der Waals surface area contributed by atoms with E-state index in [1.165, 1.54) is 11.1 Å². The first kappa shape index (κ1) is 10.1. The summed E-state index contributed by atoms with van der Waals surface area (Å²) in [6.45, 7) is 0.200. The van der Waals surface area contributed by atoms with Crippen LogP contribution < -0.4 is 16.8 Å². The summed E-state index contributed by atoms with van der Waals surface area (Å²) < 4.78 is 0. The van der Waals surface area contributed by atoms with Crippen LogP contribution in [0.1, 0.15) is 29.6 Å². The largest absolute Gasteiger partial charge is 0.369 e. The van der Waals surface area contributed by atoms with E-state index in [0.717, 1.165) is 6.42 Å². The summed E-state index contributed by atoms with van der Waals surface area (Å²) in [5, 5.41) is 3.11. The first-order chi connectivity index (χ1) is 7.18. The first-order valence-corrected chi connectivity index (χ1v) is 5.04. The Kier molecular flexibility index (Phi) is 2.70. The monoisotopic (exact) mass is 205 g/mol. The van der Waals surface area contributed by atoms with Crippen molar-refractivity contribution in [1.29, 1.82) is 0 Å². The summed E-state index contributed by atoms with van der Waals surface area (Å²) in [5.74, 6) is -0.340. The molecule has 0 bridgehead atoms. The lowest BCUT2D eigenvalue weighted by Crippen LogP contribution is -2.31. The normalized spacial score (nSPS) is 23.8. The first-order valence-electron chi connectivity index (χ1n) is 5.04. The molecule has 0 saturated heterocycles. The van der Waals surface area contributed by atoms with Crippen molar-refractivity contribution in [2.24, 2.45) is 11.5 Å². The minimum atomic E-state index is -0.340. The number of rotatable bonds is 3. The molecule has 0 radical (unpaired) electrons. The number of amides is 1. The van der Waals surface area contributed by atoms with Crippen LogP contribution in [-0.4, -0.2) is 12.5 Å². The SMILES string of the molecule is NC(=O)CNC1CC(N)c2ccccc21. The van der Waals surface area contributed by atoms with E-state index in [1.807, 2.05) is 24.3 Å². The molecule has 0 aliphatic heterocycles. The third kappa shape index (κ3) is 2.00. The Labute approximate surface area is 88.6 Å². The smallest absolute Gasteiger partial charge is 0.231 e. The molecule has 4 heteroatoms. The van der Waals surface area contributed by atoms with Gasteiger partial charge in [-0.2, -0.15) is 0 Å². The minimum absolute atomic E-state index is 0.0616. The average Bonchev–Trinajstić information content (AvgIpc) is 2.54. The van der Waals surface area contributed by atoms with Crippen LogP contribution >= 0.6 is 0 Å². The molecule has 1 aromatic rings. The van der Waals surface area contributed by atoms with Crippen molar-refractivity contribution >= 4 is 5.91 Å². The zero-order valence-electron chi connectivity index (χ0n) is 8.44. The molecule has 0 fully saturated rings. The summed E-state index contributed by atoms with van der Waals surface area (Å²) in [6.07, 6.45) is 0.826. The highest BCUT2D eigenvalue weighted by Crippen LogP contribution is 2.36. The van der Waals surface area contributed by atoms with Crippen LogP contribution in [0.25, 0.3) is 0 Å². The molecular weight excluding hydrogens is 190 g/mol. The Bertz CT molecular complexity index is 378. The molecule has 0 heterocycles. The van der Waals surface area contributed by atoms with Gasteiger partial charge in [0.25, 0.3) is 0 Å². The maximum Gasteiger partial charge on any atom is 0.231 e. The lowest BCUT2D eigenvalue weighted by molar-refractivity contribution is -0.117. The van der Waals surface area contributed by atoms with Crippen molar-refractivity contribution < 1.29 is 4.79 Å². The molecule has 2 rings (SSSR count). The second-order valence-electron chi connectivity index (χ2n) is 3.87. The number of hydrogen-bond donors (Lipinski definition) is 3. The van der Waals surface area contributed by atoms with E-state index in [-0.39, 0.29) is 24.5 Å². The molecule has 1 amide bonds.